The van der Waals surface area contributed by atoms with E-state index in [9.17, 15) is 23.1 Å². The molecule has 1 amide bonds. The highest BCUT2D eigenvalue weighted by molar-refractivity contribution is 5.82. The predicted molar refractivity (Wildman–Crippen MR) is 65.7 cm³/mol. The maximum atomic E-state index is 12.4. The zero-order chi connectivity index (χ0) is 14.8. The topological polar surface area (TPSA) is 61.4 Å². The number of hydrogen-bond acceptors (Lipinski definition) is 3. The molecule has 7 heteroatoms. The fourth-order valence-electron chi connectivity index (χ4n) is 2.04. The Morgan fingerprint density at radius 3 is 2.50 bits per heavy atom. The summed E-state index contributed by atoms with van der Waals surface area (Å²) >= 11 is 0. The number of β-amino-alcohol motifs (C(OH)–C–C–N with tert-alkyl or cyclic N) is 1. The van der Waals surface area contributed by atoms with Crippen molar-refractivity contribution in [1.29, 1.82) is 0 Å². The smallest absolute Gasteiger partial charge is 0.392 e. The van der Waals surface area contributed by atoms with Gasteiger partial charge >= 0.3 is 6.18 Å². The van der Waals surface area contributed by atoms with E-state index in [0.29, 0.717) is 18.5 Å². The summed E-state index contributed by atoms with van der Waals surface area (Å²) in [6.07, 6.45) is -4.54. The van der Waals surface area contributed by atoms with E-state index in [-0.39, 0.29) is 12.5 Å². The first-order valence-corrected chi connectivity index (χ1v) is 6.21. The van der Waals surface area contributed by atoms with Crippen LogP contribution in [0.3, 0.4) is 0 Å². The first-order valence-electron chi connectivity index (χ1n) is 6.21. The number of amides is 1. The molecule has 1 heterocycles. The Balaban J connectivity index is 1.86. The van der Waals surface area contributed by atoms with Crippen LogP contribution >= 0.6 is 0 Å². The van der Waals surface area contributed by atoms with Crippen molar-refractivity contribution < 1.29 is 23.1 Å². The second-order valence-electron chi connectivity index (χ2n) is 4.76. The molecule has 1 fully saturated rings. The van der Waals surface area contributed by atoms with Gasteiger partial charge in [0.2, 0.25) is 5.91 Å². The van der Waals surface area contributed by atoms with Crippen molar-refractivity contribution in [1.82, 2.24) is 10.6 Å². The van der Waals surface area contributed by atoms with Gasteiger partial charge in [-0.05, 0) is 24.1 Å². The minimum atomic E-state index is -4.36. The molecule has 1 aliphatic heterocycles. The lowest BCUT2D eigenvalue weighted by Gasteiger charge is -2.12. The second-order valence-corrected chi connectivity index (χ2v) is 4.76. The SMILES string of the molecule is O=C(NCc1ccc(C(F)(F)F)cc1)[C@H]1CC(O)CN1. The minimum absolute atomic E-state index is 0.158. The second kappa shape index (κ2) is 5.80. The van der Waals surface area contributed by atoms with E-state index in [4.69, 9.17) is 0 Å². The van der Waals surface area contributed by atoms with Gasteiger partial charge < -0.3 is 15.7 Å². The van der Waals surface area contributed by atoms with Crippen molar-refractivity contribution in [2.24, 2.45) is 0 Å². The first kappa shape index (κ1) is 14.8. The standard InChI is InChI=1S/C13H15F3N2O2/c14-13(15,16)9-3-1-8(2-4-9)6-18-12(20)11-5-10(19)7-17-11/h1-4,10-11,17,19H,5-7H2,(H,18,20)/t10?,11-/m1/s1. The molecular weight excluding hydrogens is 273 g/mol. The van der Waals surface area contributed by atoms with Crippen LogP contribution < -0.4 is 10.6 Å². The summed E-state index contributed by atoms with van der Waals surface area (Å²) in [4.78, 5) is 11.7. The Bertz CT molecular complexity index is 473. The van der Waals surface area contributed by atoms with E-state index in [1.165, 1.54) is 12.1 Å². The number of rotatable bonds is 3. The van der Waals surface area contributed by atoms with Gasteiger partial charge in [-0.3, -0.25) is 4.79 Å². The van der Waals surface area contributed by atoms with Crippen molar-refractivity contribution in [2.45, 2.75) is 31.3 Å². The minimum Gasteiger partial charge on any atom is -0.392 e. The van der Waals surface area contributed by atoms with Crippen molar-refractivity contribution >= 4 is 5.91 Å². The van der Waals surface area contributed by atoms with Crippen LogP contribution in [0.2, 0.25) is 0 Å². The normalized spacial score (nSPS) is 22.8. The molecule has 1 unspecified atom stereocenters. The number of carbonyl (C=O) groups is 1. The van der Waals surface area contributed by atoms with Gasteiger partial charge in [-0.2, -0.15) is 13.2 Å². The molecule has 0 aromatic heterocycles. The van der Waals surface area contributed by atoms with E-state index >= 15 is 0 Å². The molecule has 4 nitrogen and oxygen atoms in total. The van der Waals surface area contributed by atoms with Gasteiger partial charge in [-0.1, -0.05) is 12.1 Å². The molecule has 1 aromatic rings. The molecule has 0 aliphatic carbocycles. The monoisotopic (exact) mass is 288 g/mol. The van der Waals surface area contributed by atoms with Crippen molar-refractivity contribution in [3.8, 4) is 0 Å². The van der Waals surface area contributed by atoms with E-state index in [1.807, 2.05) is 0 Å². The fraction of sp³-hybridized carbons (Fsp3) is 0.462. The Morgan fingerprint density at radius 2 is 2.00 bits per heavy atom. The zero-order valence-corrected chi connectivity index (χ0v) is 10.6. The number of benzene rings is 1. The molecule has 110 valence electrons. The molecule has 0 spiro atoms. The Labute approximate surface area is 114 Å². The third-order valence-electron chi connectivity index (χ3n) is 3.17. The lowest BCUT2D eigenvalue weighted by atomic mass is 10.1. The van der Waals surface area contributed by atoms with Gasteiger partial charge in [-0.25, -0.2) is 0 Å². The summed E-state index contributed by atoms with van der Waals surface area (Å²) in [6.45, 7) is 0.531. The van der Waals surface area contributed by atoms with Crippen LogP contribution in [-0.2, 0) is 17.5 Å². The van der Waals surface area contributed by atoms with Crippen LogP contribution in [-0.4, -0.2) is 29.7 Å². The Kier molecular flexibility index (Phi) is 4.29. The summed E-state index contributed by atoms with van der Waals surface area (Å²) < 4.78 is 37.1. The van der Waals surface area contributed by atoms with E-state index in [1.54, 1.807) is 0 Å². The lowest BCUT2D eigenvalue weighted by Crippen LogP contribution is -2.40. The van der Waals surface area contributed by atoms with Gasteiger partial charge in [0.15, 0.2) is 0 Å². The highest BCUT2D eigenvalue weighted by Crippen LogP contribution is 2.29. The number of aliphatic hydroxyl groups excluding tert-OH is 1. The molecule has 1 saturated heterocycles. The van der Waals surface area contributed by atoms with Gasteiger partial charge in [0.1, 0.15) is 0 Å². The predicted octanol–water partition coefficient (Wildman–Crippen LogP) is 1.04. The first-order chi connectivity index (χ1) is 9.36. The molecule has 2 rings (SSSR count). The van der Waals surface area contributed by atoms with E-state index in [2.05, 4.69) is 10.6 Å². The molecule has 0 bridgehead atoms. The third-order valence-corrected chi connectivity index (χ3v) is 3.17. The fourth-order valence-corrected chi connectivity index (χ4v) is 2.04. The zero-order valence-electron chi connectivity index (χ0n) is 10.6. The van der Waals surface area contributed by atoms with Gasteiger partial charge in [0, 0.05) is 13.1 Å². The van der Waals surface area contributed by atoms with E-state index in [0.717, 1.165) is 12.1 Å². The largest absolute Gasteiger partial charge is 0.416 e. The van der Waals surface area contributed by atoms with E-state index < -0.39 is 23.9 Å². The van der Waals surface area contributed by atoms with Gasteiger partial charge in [0.25, 0.3) is 0 Å². The number of aliphatic hydroxyl groups is 1. The molecular formula is C13H15F3N2O2. The number of alkyl halides is 3. The number of nitrogens with one attached hydrogen (secondary N) is 2. The van der Waals surface area contributed by atoms with Crippen LogP contribution in [0.1, 0.15) is 17.5 Å². The van der Waals surface area contributed by atoms with Gasteiger partial charge in [-0.15, -0.1) is 0 Å². The molecule has 0 saturated carbocycles. The number of halogens is 3. The van der Waals surface area contributed by atoms with Crippen LogP contribution in [0.25, 0.3) is 0 Å². The van der Waals surface area contributed by atoms with Crippen LogP contribution in [0.15, 0.2) is 24.3 Å². The maximum Gasteiger partial charge on any atom is 0.416 e. The Morgan fingerprint density at radius 1 is 1.35 bits per heavy atom. The maximum absolute atomic E-state index is 12.4. The number of carbonyl (C=O) groups excluding carboxylic acids is 1. The molecule has 3 N–H and O–H groups in total. The summed E-state index contributed by atoms with van der Waals surface area (Å²) in [5.41, 5.74) is -0.127. The average molecular weight is 288 g/mol. The summed E-state index contributed by atoms with van der Waals surface area (Å²) in [7, 11) is 0. The molecule has 1 aliphatic rings. The van der Waals surface area contributed by atoms with Crippen LogP contribution in [0.4, 0.5) is 13.2 Å². The molecule has 0 radical (unpaired) electrons. The molecule has 20 heavy (non-hydrogen) atoms. The molecule has 1 aromatic carbocycles. The lowest BCUT2D eigenvalue weighted by molar-refractivity contribution is -0.137. The van der Waals surface area contributed by atoms with Crippen molar-refractivity contribution in [3.63, 3.8) is 0 Å². The summed E-state index contributed by atoms with van der Waals surface area (Å²) in [5.74, 6) is -0.263. The summed E-state index contributed by atoms with van der Waals surface area (Å²) in [6, 6.07) is 4.19. The average Bonchev–Trinajstić information content (AvgIpc) is 2.82. The number of hydrogen-bond donors (Lipinski definition) is 3. The third kappa shape index (κ3) is 3.71. The Hall–Kier alpha value is -1.60. The highest BCUT2D eigenvalue weighted by atomic mass is 19.4. The van der Waals surface area contributed by atoms with Crippen molar-refractivity contribution in [3.05, 3.63) is 35.4 Å². The van der Waals surface area contributed by atoms with Gasteiger partial charge in [0.05, 0.1) is 17.7 Å². The molecule has 2 atom stereocenters. The van der Waals surface area contributed by atoms with Crippen molar-refractivity contribution in [2.75, 3.05) is 6.54 Å². The summed E-state index contributed by atoms with van der Waals surface area (Å²) in [5, 5.41) is 14.8. The quantitative estimate of drug-likeness (QED) is 0.779. The van der Waals surface area contributed by atoms with Crippen LogP contribution in [0, 0.1) is 0 Å². The van der Waals surface area contributed by atoms with Crippen LogP contribution in [0.5, 0.6) is 0 Å². The highest BCUT2D eigenvalue weighted by Gasteiger charge is 2.30.